The van der Waals surface area contributed by atoms with E-state index in [-0.39, 0.29) is 19.8 Å². The molecule has 1 aromatic carbocycles. The number of benzene rings is 1. The number of aliphatic hydroxyl groups excluding tert-OH is 3. The minimum Gasteiger partial charge on any atom is -0.396 e. The first-order valence-electron chi connectivity index (χ1n) is 6.23. The first-order valence-corrected chi connectivity index (χ1v) is 7.02. The van der Waals surface area contributed by atoms with Crippen LogP contribution in [-0.2, 0) is 6.42 Å². The highest BCUT2D eigenvalue weighted by Crippen LogP contribution is 2.23. The van der Waals surface area contributed by atoms with Gasteiger partial charge in [-0.15, -0.1) is 0 Å². The molecule has 0 aromatic heterocycles. The van der Waals surface area contributed by atoms with Crippen molar-refractivity contribution >= 4 is 15.9 Å². The van der Waals surface area contributed by atoms with Gasteiger partial charge < -0.3 is 15.3 Å². The van der Waals surface area contributed by atoms with Crippen molar-refractivity contribution in [3.8, 4) is 0 Å². The topological polar surface area (TPSA) is 60.7 Å². The molecule has 0 aliphatic heterocycles. The summed E-state index contributed by atoms with van der Waals surface area (Å²) in [5, 5.41) is 27.6. The summed E-state index contributed by atoms with van der Waals surface area (Å²) in [6.45, 7) is -0.509. The van der Waals surface area contributed by atoms with Crippen LogP contribution >= 0.6 is 15.9 Å². The molecule has 0 saturated heterocycles. The van der Waals surface area contributed by atoms with Gasteiger partial charge >= 0.3 is 0 Å². The number of aliphatic hydroxyl groups is 3. The molecule has 0 radical (unpaired) electrons. The van der Waals surface area contributed by atoms with Crippen LogP contribution < -0.4 is 0 Å². The Balaban J connectivity index is 2.34. The Hall–Kier alpha value is -0.420. The summed E-state index contributed by atoms with van der Waals surface area (Å²) in [5.74, 6) is 0. The normalized spacial score (nSPS) is 11.8. The molecule has 0 unspecified atom stereocenters. The molecule has 0 amide bonds. The van der Waals surface area contributed by atoms with Gasteiger partial charge in [0.25, 0.3) is 0 Å². The quantitative estimate of drug-likeness (QED) is 0.644. The largest absolute Gasteiger partial charge is 0.396 e. The number of hydrogen-bond donors (Lipinski definition) is 3. The number of rotatable bonds is 8. The van der Waals surface area contributed by atoms with Crippen LogP contribution in [0.5, 0.6) is 0 Å². The van der Waals surface area contributed by atoms with Crippen LogP contribution in [0.2, 0.25) is 0 Å². The Bertz CT molecular complexity index is 342. The molecular weight excluding hydrogens is 296 g/mol. The minimum absolute atomic E-state index is 0.170. The van der Waals surface area contributed by atoms with E-state index in [4.69, 9.17) is 0 Å². The predicted octanol–water partition coefficient (Wildman–Crippen LogP) is 2.13. The Morgan fingerprint density at radius 3 is 2.22 bits per heavy atom. The standard InChI is InChI=1S/C14H21BrO3/c15-13-6-3-5-12(8-13)4-1-2-7-14(9-16,10-17)11-18/h3,5-6,8,16-18H,1-2,4,7,9-11H2. The third-order valence-corrected chi connectivity index (χ3v) is 3.81. The SMILES string of the molecule is OCC(CO)(CO)CCCCc1cccc(Br)c1. The monoisotopic (exact) mass is 316 g/mol. The van der Waals surface area contributed by atoms with E-state index >= 15 is 0 Å². The smallest absolute Gasteiger partial charge is 0.0531 e. The molecule has 0 aliphatic rings. The Kier molecular flexibility index (Phi) is 6.86. The molecule has 3 N–H and O–H groups in total. The number of halogens is 1. The zero-order valence-electron chi connectivity index (χ0n) is 10.5. The molecule has 18 heavy (non-hydrogen) atoms. The summed E-state index contributed by atoms with van der Waals surface area (Å²) in [6, 6.07) is 8.19. The van der Waals surface area contributed by atoms with Crippen molar-refractivity contribution in [3.05, 3.63) is 34.3 Å². The van der Waals surface area contributed by atoms with Gasteiger partial charge in [-0.25, -0.2) is 0 Å². The van der Waals surface area contributed by atoms with Gasteiger partial charge in [-0.3, -0.25) is 0 Å². The first kappa shape index (κ1) is 15.6. The molecule has 102 valence electrons. The van der Waals surface area contributed by atoms with Crippen molar-refractivity contribution in [3.63, 3.8) is 0 Å². The highest BCUT2D eigenvalue weighted by Gasteiger charge is 2.27. The molecule has 1 rings (SSSR count). The third-order valence-electron chi connectivity index (χ3n) is 3.32. The Labute approximate surface area is 117 Å². The molecule has 0 atom stereocenters. The van der Waals surface area contributed by atoms with E-state index in [2.05, 4.69) is 28.1 Å². The number of hydrogen-bond acceptors (Lipinski definition) is 3. The molecule has 3 nitrogen and oxygen atoms in total. The third kappa shape index (κ3) is 4.69. The van der Waals surface area contributed by atoms with Gasteiger partial charge in [0.2, 0.25) is 0 Å². The van der Waals surface area contributed by atoms with Crippen molar-refractivity contribution in [2.24, 2.45) is 5.41 Å². The summed E-state index contributed by atoms with van der Waals surface area (Å²) in [7, 11) is 0. The van der Waals surface area contributed by atoms with Crippen LogP contribution in [0.25, 0.3) is 0 Å². The molecule has 1 aromatic rings. The maximum absolute atomic E-state index is 9.20. The van der Waals surface area contributed by atoms with E-state index in [1.54, 1.807) is 0 Å². The highest BCUT2D eigenvalue weighted by molar-refractivity contribution is 9.10. The molecular formula is C14H21BrO3. The lowest BCUT2D eigenvalue weighted by Gasteiger charge is -2.27. The fourth-order valence-corrected chi connectivity index (χ4v) is 2.36. The lowest BCUT2D eigenvalue weighted by molar-refractivity contribution is -0.00217. The number of aryl methyl sites for hydroxylation is 1. The van der Waals surface area contributed by atoms with E-state index < -0.39 is 5.41 Å². The van der Waals surface area contributed by atoms with Crippen molar-refractivity contribution < 1.29 is 15.3 Å². The average molecular weight is 317 g/mol. The van der Waals surface area contributed by atoms with Crippen molar-refractivity contribution in [2.45, 2.75) is 25.7 Å². The molecule has 0 heterocycles. The second-order valence-corrected chi connectivity index (χ2v) is 5.73. The highest BCUT2D eigenvalue weighted by atomic mass is 79.9. The summed E-state index contributed by atoms with van der Waals surface area (Å²) in [4.78, 5) is 0. The van der Waals surface area contributed by atoms with E-state index in [0.29, 0.717) is 6.42 Å². The summed E-state index contributed by atoms with van der Waals surface area (Å²) in [6.07, 6.45) is 3.48. The molecule has 4 heteroatoms. The van der Waals surface area contributed by atoms with Gasteiger partial charge in [-0.2, -0.15) is 0 Å². The van der Waals surface area contributed by atoms with E-state index in [1.807, 2.05) is 12.1 Å². The van der Waals surface area contributed by atoms with Crippen LogP contribution in [0.4, 0.5) is 0 Å². The Morgan fingerprint density at radius 2 is 1.67 bits per heavy atom. The minimum atomic E-state index is -0.725. The van der Waals surface area contributed by atoms with Crippen molar-refractivity contribution in [1.82, 2.24) is 0 Å². The lowest BCUT2D eigenvalue weighted by atomic mass is 9.85. The van der Waals surface area contributed by atoms with Crippen LogP contribution in [0.3, 0.4) is 0 Å². The first-order chi connectivity index (χ1) is 8.65. The maximum Gasteiger partial charge on any atom is 0.0531 e. The molecule has 0 aliphatic carbocycles. The fraction of sp³-hybridized carbons (Fsp3) is 0.571. The van der Waals surface area contributed by atoms with Crippen molar-refractivity contribution in [2.75, 3.05) is 19.8 Å². The number of unbranched alkanes of at least 4 members (excludes halogenated alkanes) is 1. The molecule has 0 saturated carbocycles. The summed E-state index contributed by atoms with van der Waals surface area (Å²) < 4.78 is 1.08. The van der Waals surface area contributed by atoms with Crippen LogP contribution in [0, 0.1) is 5.41 Å². The van der Waals surface area contributed by atoms with E-state index in [9.17, 15) is 15.3 Å². The van der Waals surface area contributed by atoms with Crippen LogP contribution in [-0.4, -0.2) is 35.1 Å². The zero-order chi connectivity index (χ0) is 13.4. The second kappa shape index (κ2) is 7.89. The second-order valence-electron chi connectivity index (χ2n) is 4.81. The zero-order valence-corrected chi connectivity index (χ0v) is 12.1. The molecule has 0 bridgehead atoms. The van der Waals surface area contributed by atoms with Crippen molar-refractivity contribution in [1.29, 1.82) is 0 Å². The van der Waals surface area contributed by atoms with Gasteiger partial charge in [-0.1, -0.05) is 34.5 Å². The predicted molar refractivity (Wildman–Crippen MR) is 75.4 cm³/mol. The van der Waals surface area contributed by atoms with Crippen LogP contribution in [0.1, 0.15) is 24.8 Å². The van der Waals surface area contributed by atoms with E-state index in [0.717, 1.165) is 23.7 Å². The van der Waals surface area contributed by atoms with E-state index in [1.165, 1.54) is 5.56 Å². The maximum atomic E-state index is 9.20. The summed E-state index contributed by atoms with van der Waals surface area (Å²) >= 11 is 3.44. The summed E-state index contributed by atoms with van der Waals surface area (Å²) in [5.41, 5.74) is 0.545. The lowest BCUT2D eigenvalue weighted by Crippen LogP contribution is -2.33. The van der Waals surface area contributed by atoms with Gasteiger partial charge in [-0.05, 0) is 37.0 Å². The van der Waals surface area contributed by atoms with Gasteiger partial charge in [0.15, 0.2) is 0 Å². The molecule has 0 spiro atoms. The average Bonchev–Trinajstić information content (AvgIpc) is 2.40. The van der Waals surface area contributed by atoms with Gasteiger partial charge in [0.05, 0.1) is 19.8 Å². The fourth-order valence-electron chi connectivity index (χ4n) is 1.91. The van der Waals surface area contributed by atoms with Gasteiger partial charge in [0, 0.05) is 9.89 Å². The van der Waals surface area contributed by atoms with Gasteiger partial charge in [0.1, 0.15) is 0 Å². The molecule has 0 fully saturated rings. The Morgan fingerprint density at radius 1 is 1.00 bits per heavy atom. The van der Waals surface area contributed by atoms with Crippen LogP contribution in [0.15, 0.2) is 28.7 Å².